The van der Waals surface area contributed by atoms with Crippen molar-refractivity contribution in [1.29, 1.82) is 5.41 Å². The number of hydrogen-bond donors (Lipinski definition) is 1. The van der Waals surface area contributed by atoms with Crippen LogP contribution >= 0.6 is 0 Å². The molecular weight excluding hydrogens is 156 g/mol. The highest BCUT2D eigenvalue weighted by Crippen LogP contribution is 2.13. The van der Waals surface area contributed by atoms with Crippen molar-refractivity contribution in [3.05, 3.63) is 0 Å². The van der Waals surface area contributed by atoms with E-state index in [1.807, 2.05) is 0 Å². The minimum atomic E-state index is -0.360. The van der Waals surface area contributed by atoms with Gasteiger partial charge in [-0.25, -0.2) is 4.79 Å². The molecule has 0 spiro atoms. The van der Waals surface area contributed by atoms with Crippen LogP contribution in [-0.2, 0) is 9.53 Å². The molecule has 0 saturated carbocycles. The van der Waals surface area contributed by atoms with Gasteiger partial charge in [0.05, 0.1) is 12.3 Å². The number of nitrogens with one attached hydrogen (secondary N) is 1. The maximum absolute atomic E-state index is 11.1. The van der Waals surface area contributed by atoms with Crippen LogP contribution in [0, 0.1) is 5.41 Å². The van der Waals surface area contributed by atoms with Gasteiger partial charge in [0.2, 0.25) is 0 Å². The van der Waals surface area contributed by atoms with Crippen molar-refractivity contribution >= 4 is 17.9 Å². The fraction of sp³-hybridized carbons (Fsp3) is 0.625. The molecule has 1 aliphatic heterocycles. The first-order valence-electron chi connectivity index (χ1n) is 4.01. The average Bonchev–Trinajstić information content (AvgIpc) is 2.52. The van der Waals surface area contributed by atoms with E-state index in [0.29, 0.717) is 25.2 Å². The molecule has 0 radical (unpaired) electrons. The fourth-order valence-electron chi connectivity index (χ4n) is 1.13. The summed E-state index contributed by atoms with van der Waals surface area (Å²) in [6.45, 7) is 2.17. The van der Waals surface area contributed by atoms with E-state index in [-0.39, 0.29) is 12.0 Å². The predicted octanol–water partition coefficient (Wildman–Crippen LogP) is 0.802. The summed E-state index contributed by atoms with van der Waals surface area (Å²) in [5.74, 6) is -0.269. The number of nitrogens with zero attached hydrogens (tertiary/aromatic N) is 1. The van der Waals surface area contributed by atoms with E-state index in [9.17, 15) is 4.79 Å². The normalized spacial score (nSPS) is 21.8. The largest absolute Gasteiger partial charge is 0.464 e. The molecule has 0 fully saturated rings. The summed E-state index contributed by atoms with van der Waals surface area (Å²) in [7, 11) is 0. The summed E-state index contributed by atoms with van der Waals surface area (Å²) in [6, 6.07) is -0.360. The lowest BCUT2D eigenvalue weighted by Gasteiger charge is -2.04. The minimum absolute atomic E-state index is 0.269. The molecule has 12 heavy (non-hydrogen) atoms. The first-order valence-corrected chi connectivity index (χ1v) is 4.01. The third-order valence-corrected chi connectivity index (χ3v) is 1.72. The Hall–Kier alpha value is -1.19. The lowest BCUT2D eigenvalue weighted by atomic mass is 10.2. The fourth-order valence-corrected chi connectivity index (χ4v) is 1.13. The highest BCUT2D eigenvalue weighted by Gasteiger charge is 2.24. The Morgan fingerprint density at radius 1 is 1.92 bits per heavy atom. The van der Waals surface area contributed by atoms with E-state index in [0.717, 1.165) is 0 Å². The van der Waals surface area contributed by atoms with E-state index in [4.69, 9.17) is 10.1 Å². The molecule has 4 heteroatoms. The molecule has 0 aromatic rings. The first-order chi connectivity index (χ1) is 5.77. The molecule has 1 aliphatic rings. The Bertz CT molecular complexity index is 223. The van der Waals surface area contributed by atoms with Gasteiger partial charge in [-0.2, -0.15) is 0 Å². The van der Waals surface area contributed by atoms with Crippen molar-refractivity contribution in [3.63, 3.8) is 0 Å². The Morgan fingerprint density at radius 3 is 3.17 bits per heavy atom. The molecule has 1 N–H and O–H groups in total. The van der Waals surface area contributed by atoms with Gasteiger partial charge in [0.1, 0.15) is 6.04 Å². The van der Waals surface area contributed by atoms with Crippen molar-refractivity contribution in [2.45, 2.75) is 25.8 Å². The van der Waals surface area contributed by atoms with E-state index in [2.05, 4.69) is 4.99 Å². The maximum Gasteiger partial charge on any atom is 0.330 e. The number of ether oxygens (including phenoxy) is 1. The zero-order valence-corrected chi connectivity index (χ0v) is 7.04. The minimum Gasteiger partial charge on any atom is -0.464 e. The number of aliphatic imine (C=N–C) groups is 1. The van der Waals surface area contributed by atoms with Crippen LogP contribution in [0.2, 0.25) is 0 Å². The second-order valence-corrected chi connectivity index (χ2v) is 2.57. The van der Waals surface area contributed by atoms with Gasteiger partial charge in [-0.05, 0) is 19.8 Å². The number of rotatable bonds is 3. The lowest BCUT2D eigenvalue weighted by molar-refractivity contribution is -0.144. The molecule has 0 aromatic heterocycles. The summed E-state index contributed by atoms with van der Waals surface area (Å²) >= 11 is 0. The zero-order chi connectivity index (χ0) is 8.97. The summed E-state index contributed by atoms with van der Waals surface area (Å²) in [5.41, 5.74) is 0.688. The molecule has 0 saturated heterocycles. The number of carbonyl (C=O) groups is 1. The van der Waals surface area contributed by atoms with Crippen LogP contribution in [0.25, 0.3) is 0 Å². The molecule has 1 heterocycles. The Morgan fingerprint density at radius 2 is 2.67 bits per heavy atom. The molecule has 0 aromatic carbocycles. The summed E-state index contributed by atoms with van der Waals surface area (Å²) in [4.78, 5) is 15.1. The highest BCUT2D eigenvalue weighted by molar-refractivity contribution is 6.30. The van der Waals surface area contributed by atoms with Gasteiger partial charge in [0.15, 0.2) is 0 Å². The Labute approximate surface area is 71.1 Å². The van der Waals surface area contributed by atoms with E-state index < -0.39 is 0 Å². The van der Waals surface area contributed by atoms with E-state index in [1.165, 1.54) is 6.21 Å². The third-order valence-electron chi connectivity index (χ3n) is 1.72. The molecular formula is C8H12N2O2. The molecule has 66 valence electrons. The van der Waals surface area contributed by atoms with Crippen molar-refractivity contribution < 1.29 is 9.53 Å². The molecule has 0 aliphatic carbocycles. The van der Waals surface area contributed by atoms with Crippen LogP contribution < -0.4 is 0 Å². The zero-order valence-electron chi connectivity index (χ0n) is 7.04. The predicted molar refractivity (Wildman–Crippen MR) is 45.9 cm³/mol. The summed E-state index contributed by atoms with van der Waals surface area (Å²) < 4.78 is 4.80. The van der Waals surface area contributed by atoms with E-state index in [1.54, 1.807) is 6.92 Å². The smallest absolute Gasteiger partial charge is 0.330 e. The summed E-state index contributed by atoms with van der Waals surface area (Å²) in [5, 5.41) is 6.92. The van der Waals surface area contributed by atoms with Gasteiger partial charge < -0.3 is 10.1 Å². The monoisotopic (exact) mass is 168 g/mol. The average molecular weight is 168 g/mol. The van der Waals surface area contributed by atoms with Gasteiger partial charge in [0.25, 0.3) is 0 Å². The molecule has 0 bridgehead atoms. The van der Waals surface area contributed by atoms with Crippen molar-refractivity contribution in [1.82, 2.24) is 0 Å². The van der Waals surface area contributed by atoms with Gasteiger partial charge in [0, 0.05) is 6.21 Å². The van der Waals surface area contributed by atoms with Crippen LogP contribution in [0.5, 0.6) is 0 Å². The quantitative estimate of drug-likeness (QED) is 0.500. The van der Waals surface area contributed by atoms with Crippen molar-refractivity contribution in [2.24, 2.45) is 4.99 Å². The molecule has 4 nitrogen and oxygen atoms in total. The first kappa shape index (κ1) is 8.90. The second-order valence-electron chi connectivity index (χ2n) is 2.57. The van der Waals surface area contributed by atoms with Crippen LogP contribution in [0.4, 0.5) is 0 Å². The second kappa shape index (κ2) is 3.99. The highest BCUT2D eigenvalue weighted by atomic mass is 16.5. The summed E-state index contributed by atoms with van der Waals surface area (Å²) in [6.07, 6.45) is 2.59. The Balaban J connectivity index is 2.50. The van der Waals surface area contributed by atoms with Crippen LogP contribution in [-0.4, -0.2) is 30.5 Å². The number of esters is 1. The molecule has 1 rings (SSSR count). The van der Waals surface area contributed by atoms with Crippen LogP contribution in [0.3, 0.4) is 0 Å². The van der Waals surface area contributed by atoms with Crippen molar-refractivity contribution in [3.8, 4) is 0 Å². The van der Waals surface area contributed by atoms with Gasteiger partial charge in [-0.3, -0.25) is 4.99 Å². The van der Waals surface area contributed by atoms with Gasteiger partial charge >= 0.3 is 5.97 Å². The van der Waals surface area contributed by atoms with Gasteiger partial charge in [-0.15, -0.1) is 0 Å². The topological polar surface area (TPSA) is 62.5 Å². The number of carbonyl (C=O) groups excluding carboxylic acids is 1. The van der Waals surface area contributed by atoms with Crippen LogP contribution in [0.1, 0.15) is 19.8 Å². The standard InChI is InChI=1S/C8H12N2O2/c1-2-12-8(11)7-4-3-6(5-9)10-7/h5,7,9H,2-4H2,1H3. The maximum atomic E-state index is 11.1. The Kier molecular flexibility index (Phi) is 2.96. The van der Waals surface area contributed by atoms with Gasteiger partial charge in [-0.1, -0.05) is 0 Å². The van der Waals surface area contributed by atoms with Crippen LogP contribution in [0.15, 0.2) is 4.99 Å². The SMILES string of the molecule is CCOC(=O)C1CCC(C=N)=N1. The molecule has 1 unspecified atom stereocenters. The number of hydrogen-bond acceptors (Lipinski definition) is 4. The molecule has 0 amide bonds. The van der Waals surface area contributed by atoms with Crippen molar-refractivity contribution in [2.75, 3.05) is 6.61 Å². The lowest BCUT2D eigenvalue weighted by Crippen LogP contribution is -2.18. The van der Waals surface area contributed by atoms with E-state index >= 15 is 0 Å². The third kappa shape index (κ3) is 1.90. The molecule has 1 atom stereocenters.